The molecule has 78 heavy (non-hydrogen) atoms. The van der Waals surface area contributed by atoms with Gasteiger partial charge in [0.1, 0.15) is 0 Å². The number of hydrogen-bond acceptors (Lipinski definition) is 18. The summed E-state index contributed by atoms with van der Waals surface area (Å²) in [7, 11) is 0. The summed E-state index contributed by atoms with van der Waals surface area (Å²) in [4.78, 5) is 70.2. The van der Waals surface area contributed by atoms with Crippen molar-refractivity contribution in [2.75, 3.05) is 0 Å². The molecule has 0 saturated heterocycles. The van der Waals surface area contributed by atoms with E-state index in [-0.39, 0.29) is 68.3 Å². The number of carboxylic acid groups (broad SMARTS) is 6. The van der Waals surface area contributed by atoms with Crippen LogP contribution < -0.4 is 0 Å². The Balaban J connectivity index is 0.957. The number of carbonyl (C=O) groups is 6. The number of aromatic nitrogens is 12. The topological polar surface area (TPSA) is 378 Å². The molecule has 24 heteroatoms. The highest BCUT2D eigenvalue weighted by molar-refractivity contribution is 5.98. The first kappa shape index (κ1) is 49.7. The van der Waals surface area contributed by atoms with Gasteiger partial charge >= 0.3 is 35.8 Å². The Morgan fingerprint density at radius 1 is 0.192 bits per heavy atom. The minimum absolute atomic E-state index is 0.0362. The maximum atomic E-state index is 11.7. The lowest BCUT2D eigenvalue weighted by molar-refractivity contribution is 0.0676. The Morgan fingerprint density at radius 3 is 0.513 bits per heavy atom. The minimum atomic E-state index is -1.28. The zero-order valence-corrected chi connectivity index (χ0v) is 39.4. The van der Waals surface area contributed by atoms with Gasteiger partial charge in [-0.15, -0.1) is 61.2 Å². The molecule has 0 unspecified atom stereocenters. The molecule has 0 spiro atoms. The monoisotopic (exact) mass is 1040 g/mol. The van der Waals surface area contributed by atoms with Crippen molar-refractivity contribution in [3.8, 4) is 102 Å². The summed E-state index contributed by atoms with van der Waals surface area (Å²) in [6.45, 7) is 0. The molecule has 10 aromatic rings. The number of aromatic carboxylic acids is 6. The molecule has 0 aliphatic heterocycles. The van der Waals surface area contributed by atoms with Gasteiger partial charge in [-0.2, -0.15) is 0 Å². The molecular weight excluding hydrogens is 1010 g/mol. The SMILES string of the molecule is O=C(O)c1cc(C(=O)O)cc(-c2ccc(-c3nnc(-c4cc(-c5nnc(-c6ccc(-c7cc(C(=O)O)cc(C(=O)O)c7)cc6)nn5)cc(-c5nnc(-c6ccc(-c7cc(C(=O)O)cc(C(=O)O)c7)cc6)nn5)c4)nn3)cc2)c1. The fourth-order valence-corrected chi connectivity index (χ4v) is 7.95. The lowest BCUT2D eigenvalue weighted by atomic mass is 9.98. The van der Waals surface area contributed by atoms with E-state index in [2.05, 4.69) is 61.2 Å². The molecule has 0 aliphatic rings. The molecule has 0 radical (unpaired) electrons. The van der Waals surface area contributed by atoms with Crippen molar-refractivity contribution in [3.63, 3.8) is 0 Å². The van der Waals surface area contributed by atoms with Gasteiger partial charge in [-0.05, 0) is 106 Å². The average molecular weight is 1040 g/mol. The molecule has 3 aromatic heterocycles. The van der Waals surface area contributed by atoms with Crippen LogP contribution >= 0.6 is 0 Å². The quantitative estimate of drug-likeness (QED) is 0.0574. The van der Waals surface area contributed by atoms with Gasteiger partial charge in [0.25, 0.3) is 0 Å². The summed E-state index contributed by atoms with van der Waals surface area (Å²) in [5.41, 5.74) is 3.94. The van der Waals surface area contributed by atoms with Crippen molar-refractivity contribution in [2.24, 2.45) is 0 Å². The van der Waals surface area contributed by atoms with Crippen LogP contribution in [0.4, 0.5) is 0 Å². The van der Waals surface area contributed by atoms with Gasteiger partial charge < -0.3 is 30.6 Å². The van der Waals surface area contributed by atoms with Crippen LogP contribution in [-0.2, 0) is 0 Å². The van der Waals surface area contributed by atoms with Crippen LogP contribution in [0.5, 0.6) is 0 Å². The second kappa shape index (κ2) is 20.6. The van der Waals surface area contributed by atoms with Gasteiger partial charge in [-0.3, -0.25) is 0 Å². The Labute approximate surface area is 435 Å². The van der Waals surface area contributed by atoms with E-state index in [0.717, 1.165) is 18.2 Å². The number of nitrogens with zero attached hydrogens (tertiary/aromatic N) is 12. The molecule has 0 bridgehead atoms. The summed E-state index contributed by atoms with van der Waals surface area (Å²) in [6, 6.07) is 35.9. The van der Waals surface area contributed by atoms with E-state index in [9.17, 15) is 59.4 Å². The van der Waals surface area contributed by atoms with E-state index in [4.69, 9.17) is 0 Å². The summed E-state index contributed by atoms with van der Waals surface area (Å²) in [6.07, 6.45) is 0. The second-order valence-corrected chi connectivity index (χ2v) is 16.9. The van der Waals surface area contributed by atoms with Crippen molar-refractivity contribution in [1.82, 2.24) is 61.2 Å². The van der Waals surface area contributed by atoms with E-state index in [1.165, 1.54) is 36.4 Å². The van der Waals surface area contributed by atoms with Crippen LogP contribution in [0.25, 0.3) is 102 Å². The molecule has 0 amide bonds. The standard InChI is InChI=1S/C54H30N12O12/c67-49(68)37-13-31(14-38(22-37)50(69)70)25-1-7-28(8-2-25)43-55-61-46(62-56-43)34-19-35(47-63-57-44(58-64-47)29-9-3-26(4-10-29)32-15-39(51(71)72)23-40(16-32)52(73)74)21-36(20-34)48-65-59-45(60-66-48)30-11-5-27(6-12-30)33-17-41(53(75)76)24-42(18-33)54(77)78/h1-24H,(H,67,68)(H,69,70)(H,71,72)(H,73,74)(H,75,76)(H,77,78). The zero-order chi connectivity index (χ0) is 54.8. The fraction of sp³-hybridized carbons (Fsp3) is 0. The first-order valence-corrected chi connectivity index (χ1v) is 22.6. The highest BCUT2D eigenvalue weighted by Gasteiger charge is 2.20. The number of rotatable bonds is 15. The maximum absolute atomic E-state index is 11.7. The van der Waals surface area contributed by atoms with Crippen LogP contribution in [0.1, 0.15) is 62.1 Å². The van der Waals surface area contributed by atoms with Crippen molar-refractivity contribution < 1.29 is 59.4 Å². The third-order valence-electron chi connectivity index (χ3n) is 11.9. The van der Waals surface area contributed by atoms with E-state index in [1.807, 2.05) is 0 Å². The van der Waals surface area contributed by atoms with Crippen molar-refractivity contribution in [1.29, 1.82) is 0 Å². The molecule has 378 valence electrons. The molecular formula is C54H30N12O12. The molecule has 10 rings (SSSR count). The fourth-order valence-electron chi connectivity index (χ4n) is 7.95. The second-order valence-electron chi connectivity index (χ2n) is 16.9. The van der Waals surface area contributed by atoms with Gasteiger partial charge in [-0.1, -0.05) is 72.8 Å². The van der Waals surface area contributed by atoms with Crippen LogP contribution in [0.2, 0.25) is 0 Å². The van der Waals surface area contributed by atoms with Crippen LogP contribution in [0.15, 0.2) is 146 Å². The van der Waals surface area contributed by atoms with Gasteiger partial charge in [0.2, 0.25) is 34.9 Å². The minimum Gasteiger partial charge on any atom is -0.478 e. The summed E-state index contributed by atoms with van der Waals surface area (Å²) in [5.74, 6) is -7.25. The average Bonchev–Trinajstić information content (AvgIpc) is 3.47. The summed E-state index contributed by atoms with van der Waals surface area (Å²) in [5, 5.41) is 109. The predicted molar refractivity (Wildman–Crippen MR) is 271 cm³/mol. The third-order valence-corrected chi connectivity index (χ3v) is 11.9. The van der Waals surface area contributed by atoms with E-state index < -0.39 is 35.8 Å². The van der Waals surface area contributed by atoms with E-state index in [0.29, 0.717) is 66.8 Å². The van der Waals surface area contributed by atoms with Crippen molar-refractivity contribution in [3.05, 3.63) is 179 Å². The van der Waals surface area contributed by atoms with Gasteiger partial charge in [0.15, 0.2) is 0 Å². The zero-order valence-electron chi connectivity index (χ0n) is 39.4. The number of carboxylic acids is 6. The predicted octanol–water partition coefficient (Wildman–Crippen LogP) is 7.62. The molecule has 0 atom stereocenters. The highest BCUT2D eigenvalue weighted by atomic mass is 16.4. The smallest absolute Gasteiger partial charge is 0.335 e. The lowest BCUT2D eigenvalue weighted by Gasteiger charge is -2.09. The number of hydrogen-bond donors (Lipinski definition) is 6. The molecule has 7 aromatic carbocycles. The Morgan fingerprint density at radius 2 is 0.346 bits per heavy atom. The van der Waals surface area contributed by atoms with Crippen LogP contribution in [0.3, 0.4) is 0 Å². The van der Waals surface area contributed by atoms with E-state index in [1.54, 1.807) is 91.0 Å². The molecule has 24 nitrogen and oxygen atoms in total. The Bertz CT molecular complexity index is 3540. The lowest BCUT2D eigenvalue weighted by Crippen LogP contribution is -2.04. The maximum Gasteiger partial charge on any atom is 0.335 e. The summed E-state index contributed by atoms with van der Waals surface area (Å²) < 4.78 is 0. The van der Waals surface area contributed by atoms with E-state index >= 15 is 0 Å². The molecule has 0 aliphatic carbocycles. The van der Waals surface area contributed by atoms with Crippen molar-refractivity contribution >= 4 is 35.8 Å². The van der Waals surface area contributed by atoms with Gasteiger partial charge in [0.05, 0.1) is 33.4 Å². The molecule has 6 N–H and O–H groups in total. The normalized spacial score (nSPS) is 10.9. The molecule has 0 fully saturated rings. The molecule has 0 saturated carbocycles. The molecule has 3 heterocycles. The Hall–Kier alpha value is -11.8. The number of benzene rings is 7. The van der Waals surface area contributed by atoms with Gasteiger partial charge in [0, 0.05) is 33.4 Å². The first-order valence-electron chi connectivity index (χ1n) is 22.6. The first-order chi connectivity index (χ1) is 37.5. The highest BCUT2D eigenvalue weighted by Crippen LogP contribution is 2.32. The summed E-state index contributed by atoms with van der Waals surface area (Å²) >= 11 is 0. The Kier molecular flexibility index (Phi) is 13.1. The van der Waals surface area contributed by atoms with Crippen molar-refractivity contribution in [2.45, 2.75) is 0 Å². The third kappa shape index (κ3) is 10.5. The largest absolute Gasteiger partial charge is 0.478 e. The van der Waals surface area contributed by atoms with Gasteiger partial charge in [-0.25, -0.2) is 28.8 Å². The van der Waals surface area contributed by atoms with Crippen LogP contribution in [-0.4, -0.2) is 128 Å². The van der Waals surface area contributed by atoms with Crippen LogP contribution in [0, 0.1) is 0 Å².